The summed E-state index contributed by atoms with van der Waals surface area (Å²) in [7, 11) is 0. The van der Waals surface area contributed by atoms with Crippen LogP contribution in [0.3, 0.4) is 0 Å². The number of carbonyl (C=O) groups excluding carboxylic acids is 1. The fraction of sp³-hybridized carbons (Fsp3) is 0.273. The second kappa shape index (κ2) is 10.4. The van der Waals surface area contributed by atoms with E-state index in [-0.39, 0.29) is 11.7 Å². The van der Waals surface area contributed by atoms with Crippen LogP contribution in [0.2, 0.25) is 0 Å². The van der Waals surface area contributed by atoms with E-state index in [1.807, 2.05) is 30.3 Å². The second-order valence-electron chi connectivity index (χ2n) is 6.37. The van der Waals surface area contributed by atoms with Crippen molar-refractivity contribution in [3.63, 3.8) is 0 Å². The molecule has 1 amide bonds. The standard InChI is InChI=1S/C22H23FN2O3/c23-19-9-7-18(8-10-19)20-15-25-22(28-20)12-11-21(26)24-13-4-14-27-16-17-5-2-1-3-6-17/h1-3,5-10,15H,4,11-14,16H2,(H,24,26). The Morgan fingerprint density at radius 3 is 2.68 bits per heavy atom. The SMILES string of the molecule is O=C(CCc1ncc(-c2ccc(F)cc2)o1)NCCCOCc1ccccc1. The number of ether oxygens (including phenoxy) is 1. The number of oxazole rings is 1. The first kappa shape index (κ1) is 19.8. The van der Waals surface area contributed by atoms with Crippen molar-refractivity contribution < 1.29 is 18.3 Å². The van der Waals surface area contributed by atoms with Gasteiger partial charge < -0.3 is 14.5 Å². The van der Waals surface area contributed by atoms with Gasteiger partial charge in [-0.3, -0.25) is 4.79 Å². The molecule has 3 rings (SSSR count). The predicted molar refractivity (Wildman–Crippen MR) is 104 cm³/mol. The van der Waals surface area contributed by atoms with Gasteiger partial charge in [0.1, 0.15) is 5.82 Å². The van der Waals surface area contributed by atoms with E-state index in [0.717, 1.165) is 17.5 Å². The molecular weight excluding hydrogens is 359 g/mol. The van der Waals surface area contributed by atoms with E-state index in [1.54, 1.807) is 18.3 Å². The fourth-order valence-corrected chi connectivity index (χ4v) is 2.65. The fourth-order valence-electron chi connectivity index (χ4n) is 2.65. The minimum atomic E-state index is -0.300. The third kappa shape index (κ3) is 6.32. The van der Waals surface area contributed by atoms with Gasteiger partial charge in [-0.25, -0.2) is 9.37 Å². The highest BCUT2D eigenvalue weighted by molar-refractivity contribution is 5.76. The Morgan fingerprint density at radius 1 is 1.11 bits per heavy atom. The molecular formula is C22H23FN2O3. The number of aromatic nitrogens is 1. The Kier molecular flexibility index (Phi) is 7.32. The first-order chi connectivity index (χ1) is 13.7. The van der Waals surface area contributed by atoms with Crippen LogP contribution in [0.1, 0.15) is 24.3 Å². The van der Waals surface area contributed by atoms with Gasteiger partial charge in [0.2, 0.25) is 5.91 Å². The van der Waals surface area contributed by atoms with Gasteiger partial charge in [0.25, 0.3) is 0 Å². The van der Waals surface area contributed by atoms with Crippen molar-refractivity contribution in [2.45, 2.75) is 25.9 Å². The van der Waals surface area contributed by atoms with Crippen molar-refractivity contribution in [2.24, 2.45) is 0 Å². The van der Waals surface area contributed by atoms with Crippen molar-refractivity contribution in [1.82, 2.24) is 10.3 Å². The van der Waals surface area contributed by atoms with Crippen molar-refractivity contribution in [3.05, 3.63) is 78.1 Å². The zero-order valence-corrected chi connectivity index (χ0v) is 15.6. The largest absolute Gasteiger partial charge is 0.441 e. The molecule has 28 heavy (non-hydrogen) atoms. The second-order valence-corrected chi connectivity index (χ2v) is 6.37. The van der Waals surface area contributed by atoms with E-state index >= 15 is 0 Å². The molecule has 0 aliphatic rings. The molecule has 0 saturated carbocycles. The molecule has 1 aromatic heterocycles. The number of nitrogens with one attached hydrogen (secondary N) is 1. The highest BCUT2D eigenvalue weighted by atomic mass is 19.1. The average molecular weight is 382 g/mol. The topological polar surface area (TPSA) is 64.4 Å². The lowest BCUT2D eigenvalue weighted by Gasteiger charge is -2.06. The Bertz CT molecular complexity index is 863. The van der Waals surface area contributed by atoms with E-state index in [1.165, 1.54) is 12.1 Å². The number of carbonyl (C=O) groups is 1. The zero-order valence-electron chi connectivity index (χ0n) is 15.6. The van der Waals surface area contributed by atoms with E-state index in [4.69, 9.17) is 9.15 Å². The summed E-state index contributed by atoms with van der Waals surface area (Å²) >= 11 is 0. The molecule has 0 saturated heterocycles. The molecule has 0 aliphatic heterocycles. The maximum atomic E-state index is 13.0. The number of hydrogen-bond donors (Lipinski definition) is 1. The van der Waals surface area contributed by atoms with Crippen molar-refractivity contribution in [3.8, 4) is 11.3 Å². The van der Waals surface area contributed by atoms with Crippen LogP contribution in [0.5, 0.6) is 0 Å². The number of rotatable bonds is 10. The molecule has 0 radical (unpaired) electrons. The molecule has 3 aromatic rings. The van der Waals surface area contributed by atoms with Gasteiger partial charge in [-0.05, 0) is 36.2 Å². The van der Waals surface area contributed by atoms with E-state index in [9.17, 15) is 9.18 Å². The maximum absolute atomic E-state index is 13.0. The van der Waals surface area contributed by atoms with Crippen molar-refractivity contribution >= 4 is 5.91 Å². The van der Waals surface area contributed by atoms with Crippen LogP contribution in [-0.4, -0.2) is 24.0 Å². The minimum Gasteiger partial charge on any atom is -0.441 e. The van der Waals surface area contributed by atoms with Gasteiger partial charge in [0, 0.05) is 31.6 Å². The first-order valence-corrected chi connectivity index (χ1v) is 9.30. The molecule has 0 spiro atoms. The Labute approximate surface area is 163 Å². The number of nitrogens with zero attached hydrogens (tertiary/aromatic N) is 1. The lowest BCUT2D eigenvalue weighted by atomic mass is 10.2. The van der Waals surface area contributed by atoms with Gasteiger partial charge in [-0.15, -0.1) is 0 Å². The lowest BCUT2D eigenvalue weighted by Crippen LogP contribution is -2.25. The monoisotopic (exact) mass is 382 g/mol. The molecule has 0 unspecified atom stereocenters. The lowest BCUT2D eigenvalue weighted by molar-refractivity contribution is -0.121. The summed E-state index contributed by atoms with van der Waals surface area (Å²) in [6, 6.07) is 16.0. The van der Waals surface area contributed by atoms with E-state index < -0.39 is 0 Å². The van der Waals surface area contributed by atoms with Crippen molar-refractivity contribution in [1.29, 1.82) is 0 Å². The molecule has 6 heteroatoms. The predicted octanol–water partition coefficient (Wildman–Crippen LogP) is 4.14. The normalized spacial score (nSPS) is 10.8. The van der Waals surface area contributed by atoms with E-state index in [0.29, 0.717) is 44.3 Å². The Balaban J connectivity index is 1.30. The molecule has 0 fully saturated rings. The molecule has 5 nitrogen and oxygen atoms in total. The maximum Gasteiger partial charge on any atom is 0.220 e. The van der Waals surface area contributed by atoms with Crippen LogP contribution >= 0.6 is 0 Å². The smallest absolute Gasteiger partial charge is 0.220 e. The van der Waals surface area contributed by atoms with Crippen LogP contribution in [0.15, 0.2) is 65.2 Å². The van der Waals surface area contributed by atoms with Crippen LogP contribution in [0.25, 0.3) is 11.3 Å². The highest BCUT2D eigenvalue weighted by Crippen LogP contribution is 2.21. The molecule has 0 atom stereocenters. The summed E-state index contributed by atoms with van der Waals surface area (Å²) < 4.78 is 24.2. The summed E-state index contributed by atoms with van der Waals surface area (Å²) in [5, 5.41) is 2.87. The molecule has 1 N–H and O–H groups in total. The molecule has 0 bridgehead atoms. The summed E-state index contributed by atoms with van der Waals surface area (Å²) in [5.74, 6) is 0.696. The average Bonchev–Trinajstić information content (AvgIpc) is 3.19. The van der Waals surface area contributed by atoms with Crippen molar-refractivity contribution in [2.75, 3.05) is 13.2 Å². The van der Waals surface area contributed by atoms with Gasteiger partial charge in [0.05, 0.1) is 12.8 Å². The third-order valence-corrected chi connectivity index (χ3v) is 4.15. The van der Waals surface area contributed by atoms with Crippen LogP contribution in [0.4, 0.5) is 4.39 Å². The molecule has 0 aliphatic carbocycles. The Hall–Kier alpha value is -2.99. The van der Waals surface area contributed by atoms with Crippen LogP contribution in [0, 0.1) is 5.82 Å². The number of halogens is 1. The number of benzene rings is 2. The molecule has 2 aromatic carbocycles. The summed E-state index contributed by atoms with van der Waals surface area (Å²) in [5.41, 5.74) is 1.89. The zero-order chi connectivity index (χ0) is 19.6. The van der Waals surface area contributed by atoms with Gasteiger partial charge in [0.15, 0.2) is 11.7 Å². The summed E-state index contributed by atoms with van der Waals surface area (Å²) in [6.07, 6.45) is 3.06. The molecule has 1 heterocycles. The number of aryl methyl sites for hydroxylation is 1. The number of amides is 1. The van der Waals surface area contributed by atoms with Gasteiger partial charge in [-0.2, -0.15) is 0 Å². The highest BCUT2D eigenvalue weighted by Gasteiger charge is 2.09. The minimum absolute atomic E-state index is 0.0513. The third-order valence-electron chi connectivity index (χ3n) is 4.15. The van der Waals surface area contributed by atoms with Gasteiger partial charge in [-0.1, -0.05) is 30.3 Å². The first-order valence-electron chi connectivity index (χ1n) is 9.30. The van der Waals surface area contributed by atoms with E-state index in [2.05, 4.69) is 10.3 Å². The summed E-state index contributed by atoms with van der Waals surface area (Å²) in [6.45, 7) is 1.74. The van der Waals surface area contributed by atoms with Gasteiger partial charge >= 0.3 is 0 Å². The van der Waals surface area contributed by atoms with Crippen LogP contribution < -0.4 is 5.32 Å². The Morgan fingerprint density at radius 2 is 1.89 bits per heavy atom. The number of hydrogen-bond acceptors (Lipinski definition) is 4. The quantitative estimate of drug-likeness (QED) is 0.536. The molecule has 146 valence electrons. The summed E-state index contributed by atoms with van der Waals surface area (Å²) in [4.78, 5) is 16.1. The van der Waals surface area contributed by atoms with Crippen LogP contribution in [-0.2, 0) is 22.6 Å².